The van der Waals surface area contributed by atoms with Crippen molar-refractivity contribution in [3.8, 4) is 0 Å². The van der Waals surface area contributed by atoms with E-state index >= 15 is 0 Å². The van der Waals surface area contributed by atoms with Crippen molar-refractivity contribution in [3.05, 3.63) is 10.6 Å². The van der Waals surface area contributed by atoms with Crippen LogP contribution in [0, 0.1) is 5.41 Å². The van der Waals surface area contributed by atoms with E-state index in [1.165, 1.54) is 41.4 Å². The van der Waals surface area contributed by atoms with Gasteiger partial charge in [-0.3, -0.25) is 0 Å². The van der Waals surface area contributed by atoms with Crippen LogP contribution in [0.15, 0.2) is 0 Å². The smallest absolute Gasteiger partial charge is 0.186 e. The summed E-state index contributed by atoms with van der Waals surface area (Å²) in [5, 5.41) is 4.96. The third-order valence-corrected chi connectivity index (χ3v) is 5.83. The summed E-state index contributed by atoms with van der Waals surface area (Å²) < 4.78 is 0. The number of aromatic nitrogens is 1. The average Bonchev–Trinajstić information content (AvgIpc) is 3.15. The van der Waals surface area contributed by atoms with Crippen LogP contribution in [0.3, 0.4) is 0 Å². The Kier molecular flexibility index (Phi) is 4.28. The van der Waals surface area contributed by atoms with Crippen molar-refractivity contribution >= 4 is 16.5 Å². The molecular weight excluding hydrogens is 278 g/mol. The average molecular weight is 308 g/mol. The van der Waals surface area contributed by atoms with Gasteiger partial charge < -0.3 is 10.2 Å². The van der Waals surface area contributed by atoms with Gasteiger partial charge in [0.25, 0.3) is 0 Å². The van der Waals surface area contributed by atoms with Crippen LogP contribution in [0.4, 0.5) is 5.13 Å². The van der Waals surface area contributed by atoms with Gasteiger partial charge in [-0.25, -0.2) is 4.98 Å². The molecule has 1 unspecified atom stereocenters. The molecule has 2 aliphatic carbocycles. The fraction of sp³-hybridized carbons (Fsp3) is 0.824. The van der Waals surface area contributed by atoms with E-state index in [1.54, 1.807) is 0 Å². The predicted octanol–water partition coefficient (Wildman–Crippen LogP) is 4.14. The van der Waals surface area contributed by atoms with E-state index in [-0.39, 0.29) is 0 Å². The minimum atomic E-state index is 0.361. The van der Waals surface area contributed by atoms with E-state index < -0.39 is 0 Å². The highest BCUT2D eigenvalue weighted by molar-refractivity contribution is 7.15. The minimum absolute atomic E-state index is 0.361. The Bertz CT molecular complexity index is 490. The van der Waals surface area contributed by atoms with E-state index in [0.29, 0.717) is 11.5 Å². The molecule has 21 heavy (non-hydrogen) atoms. The number of hydrogen-bond acceptors (Lipinski definition) is 4. The first-order valence-electron chi connectivity index (χ1n) is 8.53. The second-order valence-corrected chi connectivity index (χ2v) is 8.40. The minimum Gasteiger partial charge on any atom is -0.345 e. The van der Waals surface area contributed by atoms with Gasteiger partial charge >= 0.3 is 0 Å². The fourth-order valence-electron chi connectivity index (χ4n) is 3.52. The number of hydrogen-bond donors (Lipinski definition) is 1. The summed E-state index contributed by atoms with van der Waals surface area (Å²) in [5.41, 5.74) is 1.72. The molecule has 1 heterocycles. The highest BCUT2D eigenvalue weighted by Crippen LogP contribution is 2.46. The number of rotatable bonds is 6. The lowest BCUT2D eigenvalue weighted by Crippen LogP contribution is -2.32. The van der Waals surface area contributed by atoms with Crippen molar-refractivity contribution in [2.45, 2.75) is 71.9 Å². The molecule has 1 N–H and O–H groups in total. The summed E-state index contributed by atoms with van der Waals surface area (Å²) in [7, 11) is 0. The molecule has 1 saturated carbocycles. The molecular formula is C17H29N3S. The second-order valence-electron chi connectivity index (χ2n) is 7.39. The highest BCUT2D eigenvalue weighted by atomic mass is 32.1. The monoisotopic (exact) mass is 307 g/mol. The third kappa shape index (κ3) is 3.26. The lowest BCUT2D eigenvalue weighted by Gasteiger charge is -2.34. The Labute approximate surface area is 133 Å². The fourth-order valence-corrected chi connectivity index (χ4v) is 4.77. The van der Waals surface area contributed by atoms with Crippen LogP contribution < -0.4 is 10.2 Å². The standard InChI is InChI=1S/C17H29N3S/c1-5-9-20(12-7-8-12)16-19-14-11-17(3,4)10-13(18-6-2)15(14)21-16/h12-13,18H,5-11H2,1-4H3. The molecule has 3 rings (SSSR count). The topological polar surface area (TPSA) is 28.2 Å². The predicted molar refractivity (Wildman–Crippen MR) is 91.3 cm³/mol. The van der Waals surface area contributed by atoms with Gasteiger partial charge in [0.1, 0.15) is 0 Å². The molecule has 3 nitrogen and oxygen atoms in total. The molecule has 4 heteroatoms. The number of anilines is 1. The van der Waals surface area contributed by atoms with Crippen molar-refractivity contribution in [1.29, 1.82) is 0 Å². The van der Waals surface area contributed by atoms with Gasteiger partial charge in [0.2, 0.25) is 0 Å². The number of fused-ring (bicyclic) bond motifs is 1. The van der Waals surface area contributed by atoms with Crippen LogP contribution in [0.25, 0.3) is 0 Å². The van der Waals surface area contributed by atoms with Crippen molar-refractivity contribution in [1.82, 2.24) is 10.3 Å². The first kappa shape index (κ1) is 15.3. The van der Waals surface area contributed by atoms with Crippen molar-refractivity contribution in [3.63, 3.8) is 0 Å². The van der Waals surface area contributed by atoms with E-state index in [1.807, 2.05) is 11.3 Å². The first-order chi connectivity index (χ1) is 10.0. The first-order valence-corrected chi connectivity index (χ1v) is 9.35. The Balaban J connectivity index is 1.89. The van der Waals surface area contributed by atoms with E-state index in [0.717, 1.165) is 25.6 Å². The van der Waals surface area contributed by atoms with Gasteiger partial charge in [0, 0.05) is 23.5 Å². The molecule has 0 saturated heterocycles. The molecule has 1 fully saturated rings. The molecule has 118 valence electrons. The lowest BCUT2D eigenvalue weighted by atomic mass is 9.76. The zero-order valence-corrected chi connectivity index (χ0v) is 14.7. The van der Waals surface area contributed by atoms with E-state index in [9.17, 15) is 0 Å². The molecule has 0 aromatic carbocycles. The van der Waals surface area contributed by atoms with Crippen LogP contribution in [0.5, 0.6) is 0 Å². The molecule has 1 aromatic heterocycles. The van der Waals surface area contributed by atoms with E-state index in [4.69, 9.17) is 4.98 Å². The molecule has 0 radical (unpaired) electrons. The van der Waals surface area contributed by atoms with Gasteiger partial charge in [0.15, 0.2) is 5.13 Å². The lowest BCUT2D eigenvalue weighted by molar-refractivity contribution is 0.260. The molecule has 0 bridgehead atoms. The Morgan fingerprint density at radius 1 is 1.33 bits per heavy atom. The zero-order valence-electron chi connectivity index (χ0n) is 13.9. The van der Waals surface area contributed by atoms with Gasteiger partial charge in [-0.1, -0.05) is 39.0 Å². The van der Waals surface area contributed by atoms with Crippen molar-refractivity contribution in [2.24, 2.45) is 5.41 Å². The number of nitrogens with zero attached hydrogens (tertiary/aromatic N) is 2. The number of thiazole rings is 1. The van der Waals surface area contributed by atoms with Crippen LogP contribution in [0.1, 0.15) is 70.0 Å². The van der Waals surface area contributed by atoms with Crippen molar-refractivity contribution < 1.29 is 0 Å². The summed E-state index contributed by atoms with van der Waals surface area (Å²) in [4.78, 5) is 9.14. The molecule has 0 aliphatic heterocycles. The van der Waals surface area contributed by atoms with Crippen LogP contribution in [-0.4, -0.2) is 24.1 Å². The van der Waals surface area contributed by atoms with Crippen LogP contribution >= 0.6 is 11.3 Å². The Morgan fingerprint density at radius 3 is 2.71 bits per heavy atom. The van der Waals surface area contributed by atoms with Gasteiger partial charge in [-0.2, -0.15) is 0 Å². The molecule has 0 amide bonds. The van der Waals surface area contributed by atoms with Gasteiger partial charge in [0.05, 0.1) is 5.69 Å². The maximum absolute atomic E-state index is 5.06. The SMILES string of the molecule is CCCN(c1nc2c(s1)C(NCC)CC(C)(C)C2)C1CC1. The normalized spacial score (nSPS) is 23.9. The molecule has 1 aromatic rings. The summed E-state index contributed by atoms with van der Waals surface area (Å²) in [5.74, 6) is 0. The van der Waals surface area contributed by atoms with Crippen molar-refractivity contribution in [2.75, 3.05) is 18.0 Å². The summed E-state index contributed by atoms with van der Waals surface area (Å²) in [6, 6.07) is 1.27. The van der Waals surface area contributed by atoms with Gasteiger partial charge in [-0.15, -0.1) is 0 Å². The summed E-state index contributed by atoms with van der Waals surface area (Å²) in [6.07, 6.45) is 6.28. The summed E-state index contributed by atoms with van der Waals surface area (Å²) >= 11 is 1.95. The van der Waals surface area contributed by atoms with E-state index in [2.05, 4.69) is 37.9 Å². The number of nitrogens with one attached hydrogen (secondary N) is 1. The Morgan fingerprint density at radius 2 is 2.10 bits per heavy atom. The zero-order chi connectivity index (χ0) is 15.0. The van der Waals surface area contributed by atoms with Crippen LogP contribution in [0.2, 0.25) is 0 Å². The quantitative estimate of drug-likeness (QED) is 0.856. The highest BCUT2D eigenvalue weighted by Gasteiger charge is 2.37. The summed E-state index contributed by atoms with van der Waals surface area (Å²) in [6.45, 7) is 11.4. The maximum atomic E-state index is 5.06. The third-order valence-electron chi connectivity index (χ3n) is 4.58. The maximum Gasteiger partial charge on any atom is 0.186 e. The Hall–Kier alpha value is -0.610. The second kappa shape index (κ2) is 5.88. The largest absolute Gasteiger partial charge is 0.345 e. The molecule has 1 atom stereocenters. The molecule has 2 aliphatic rings. The van der Waals surface area contributed by atoms with Gasteiger partial charge in [-0.05, 0) is 44.1 Å². The molecule has 0 spiro atoms. The van der Waals surface area contributed by atoms with Crippen LogP contribution in [-0.2, 0) is 6.42 Å².